The highest BCUT2D eigenvalue weighted by Gasteiger charge is 2.48. The van der Waals surface area contributed by atoms with Gasteiger partial charge in [0.15, 0.2) is 0 Å². The maximum atomic E-state index is 9.90. The molecule has 1 N–H and O–H groups in total. The van der Waals surface area contributed by atoms with Crippen LogP contribution in [0.5, 0.6) is 5.75 Å². The van der Waals surface area contributed by atoms with Gasteiger partial charge in [0.05, 0.1) is 11.5 Å². The smallest absolute Gasteiger partial charge is 0.124 e. The fourth-order valence-corrected chi connectivity index (χ4v) is 2.37. The summed E-state index contributed by atoms with van der Waals surface area (Å²) in [4.78, 5) is 0. The maximum absolute atomic E-state index is 9.90. The van der Waals surface area contributed by atoms with Crippen molar-refractivity contribution in [2.24, 2.45) is 0 Å². The molecule has 14 heavy (non-hydrogen) atoms. The fraction of sp³-hybridized carbons (Fsp3) is 0.364. The molecule has 2 nitrogen and oxygen atoms in total. The standard InChI is InChI=1S/C11H10BrNO/c1-7-2-3-8(12)9(10(7)14)11(6-13)4-5-11/h2-3,14H,4-5H2,1H3. The van der Waals surface area contributed by atoms with Crippen molar-refractivity contribution in [1.29, 1.82) is 5.26 Å². The van der Waals surface area contributed by atoms with Crippen molar-refractivity contribution in [3.63, 3.8) is 0 Å². The summed E-state index contributed by atoms with van der Waals surface area (Å²) in [5.41, 5.74) is 1.15. The number of nitrogens with zero attached hydrogens (tertiary/aromatic N) is 1. The van der Waals surface area contributed by atoms with E-state index in [1.54, 1.807) is 0 Å². The first-order chi connectivity index (χ1) is 6.60. The van der Waals surface area contributed by atoms with E-state index >= 15 is 0 Å². The molecule has 0 amide bonds. The average Bonchev–Trinajstić information content (AvgIpc) is 2.93. The highest BCUT2D eigenvalue weighted by atomic mass is 79.9. The predicted octanol–water partition coefficient (Wildman–Crippen LogP) is 3.02. The van der Waals surface area contributed by atoms with Crippen LogP contribution in [-0.2, 0) is 5.41 Å². The summed E-state index contributed by atoms with van der Waals surface area (Å²) < 4.78 is 0.833. The van der Waals surface area contributed by atoms with Gasteiger partial charge >= 0.3 is 0 Å². The quantitative estimate of drug-likeness (QED) is 0.834. The lowest BCUT2D eigenvalue weighted by Crippen LogP contribution is -2.04. The van der Waals surface area contributed by atoms with Gasteiger partial charge in [-0.2, -0.15) is 5.26 Å². The van der Waals surface area contributed by atoms with Crippen molar-refractivity contribution in [2.45, 2.75) is 25.2 Å². The van der Waals surface area contributed by atoms with Gasteiger partial charge in [-0.1, -0.05) is 22.0 Å². The minimum Gasteiger partial charge on any atom is -0.507 e. The summed E-state index contributed by atoms with van der Waals surface area (Å²) in [6.45, 7) is 1.85. The third kappa shape index (κ3) is 1.22. The van der Waals surface area contributed by atoms with E-state index in [-0.39, 0.29) is 5.75 Å². The Morgan fingerprint density at radius 2 is 2.14 bits per heavy atom. The van der Waals surface area contributed by atoms with Crippen LogP contribution >= 0.6 is 15.9 Å². The lowest BCUT2D eigenvalue weighted by molar-refractivity contribution is 0.460. The topological polar surface area (TPSA) is 44.0 Å². The van der Waals surface area contributed by atoms with Gasteiger partial charge in [-0.3, -0.25) is 0 Å². The van der Waals surface area contributed by atoms with E-state index in [4.69, 9.17) is 5.26 Å². The summed E-state index contributed by atoms with van der Waals surface area (Å²) >= 11 is 3.39. The van der Waals surface area contributed by atoms with E-state index in [0.717, 1.165) is 28.4 Å². The Kier molecular flexibility index (Phi) is 2.04. The lowest BCUT2D eigenvalue weighted by Gasteiger charge is -2.13. The molecular formula is C11H10BrNO. The number of benzene rings is 1. The second-order valence-corrected chi connectivity index (χ2v) is 4.64. The van der Waals surface area contributed by atoms with E-state index in [1.807, 2.05) is 19.1 Å². The molecule has 0 aliphatic heterocycles. The first-order valence-corrected chi connectivity index (χ1v) is 5.30. The molecule has 0 heterocycles. The number of hydrogen-bond acceptors (Lipinski definition) is 2. The minimum absolute atomic E-state index is 0.262. The van der Waals surface area contributed by atoms with Crippen LogP contribution in [0.15, 0.2) is 16.6 Å². The molecule has 1 aromatic carbocycles. The largest absolute Gasteiger partial charge is 0.507 e. The van der Waals surface area contributed by atoms with Crippen molar-refractivity contribution in [2.75, 3.05) is 0 Å². The zero-order chi connectivity index (χ0) is 10.3. The van der Waals surface area contributed by atoms with Crippen LogP contribution in [-0.4, -0.2) is 5.11 Å². The van der Waals surface area contributed by atoms with Crippen LogP contribution in [0.3, 0.4) is 0 Å². The highest BCUT2D eigenvalue weighted by Crippen LogP contribution is 2.53. The molecule has 0 atom stereocenters. The Bertz CT molecular complexity index is 430. The van der Waals surface area contributed by atoms with Gasteiger partial charge in [0.2, 0.25) is 0 Å². The van der Waals surface area contributed by atoms with Crippen LogP contribution in [0.2, 0.25) is 0 Å². The van der Waals surface area contributed by atoms with E-state index < -0.39 is 5.41 Å². The van der Waals surface area contributed by atoms with Crippen LogP contribution in [0.25, 0.3) is 0 Å². The molecule has 0 saturated heterocycles. The SMILES string of the molecule is Cc1ccc(Br)c(C2(C#N)CC2)c1O. The van der Waals surface area contributed by atoms with E-state index in [0.29, 0.717) is 0 Å². The van der Waals surface area contributed by atoms with Crippen LogP contribution in [0.4, 0.5) is 0 Å². The van der Waals surface area contributed by atoms with Crippen molar-refractivity contribution >= 4 is 15.9 Å². The van der Waals surface area contributed by atoms with Crippen molar-refractivity contribution in [1.82, 2.24) is 0 Å². The van der Waals surface area contributed by atoms with Crippen LogP contribution < -0.4 is 0 Å². The Morgan fingerprint density at radius 1 is 1.50 bits per heavy atom. The molecule has 0 radical (unpaired) electrons. The lowest BCUT2D eigenvalue weighted by atomic mass is 9.95. The highest BCUT2D eigenvalue weighted by molar-refractivity contribution is 9.10. The van der Waals surface area contributed by atoms with Gasteiger partial charge in [-0.25, -0.2) is 0 Å². The summed E-state index contributed by atoms with van der Waals surface area (Å²) in [6.07, 6.45) is 1.69. The van der Waals surface area contributed by atoms with Crippen molar-refractivity contribution in [3.8, 4) is 11.8 Å². The maximum Gasteiger partial charge on any atom is 0.124 e. The van der Waals surface area contributed by atoms with Crippen molar-refractivity contribution in [3.05, 3.63) is 27.7 Å². The van der Waals surface area contributed by atoms with Gasteiger partial charge in [0.1, 0.15) is 5.75 Å². The van der Waals surface area contributed by atoms with Gasteiger partial charge in [0.25, 0.3) is 0 Å². The Labute approximate surface area is 91.3 Å². The van der Waals surface area contributed by atoms with Crippen LogP contribution in [0, 0.1) is 18.3 Å². The third-order valence-corrected chi connectivity index (χ3v) is 3.43. The first kappa shape index (κ1) is 9.54. The van der Waals surface area contributed by atoms with E-state index in [9.17, 15) is 5.11 Å². The van der Waals surface area contributed by atoms with Gasteiger partial charge in [-0.15, -0.1) is 0 Å². The second-order valence-electron chi connectivity index (χ2n) is 3.78. The zero-order valence-corrected chi connectivity index (χ0v) is 9.43. The molecule has 1 saturated carbocycles. The summed E-state index contributed by atoms with van der Waals surface area (Å²) in [5.74, 6) is 0.262. The molecule has 1 aromatic rings. The van der Waals surface area contributed by atoms with E-state index in [1.165, 1.54) is 0 Å². The number of aryl methyl sites for hydroxylation is 1. The molecular weight excluding hydrogens is 242 g/mol. The second kappa shape index (κ2) is 2.99. The predicted molar refractivity (Wildman–Crippen MR) is 57.1 cm³/mol. The normalized spacial score (nSPS) is 17.5. The fourth-order valence-electron chi connectivity index (χ4n) is 1.67. The number of nitriles is 1. The number of phenolic OH excluding ortho intramolecular Hbond substituents is 1. The molecule has 3 heteroatoms. The monoisotopic (exact) mass is 251 g/mol. The summed E-state index contributed by atoms with van der Waals surface area (Å²) in [7, 11) is 0. The molecule has 72 valence electrons. The number of rotatable bonds is 1. The molecule has 0 unspecified atom stereocenters. The minimum atomic E-state index is -0.436. The number of aromatic hydroxyl groups is 1. The Hall–Kier alpha value is -1.01. The zero-order valence-electron chi connectivity index (χ0n) is 7.84. The molecule has 1 aliphatic carbocycles. The van der Waals surface area contributed by atoms with E-state index in [2.05, 4.69) is 22.0 Å². The Morgan fingerprint density at radius 3 is 2.64 bits per heavy atom. The third-order valence-electron chi connectivity index (χ3n) is 2.77. The molecule has 1 fully saturated rings. The van der Waals surface area contributed by atoms with Gasteiger partial charge in [-0.05, 0) is 31.4 Å². The number of hydrogen-bond donors (Lipinski definition) is 1. The number of halogens is 1. The molecule has 1 aliphatic rings. The Balaban J connectivity index is 2.64. The summed E-state index contributed by atoms with van der Waals surface area (Å²) in [6, 6.07) is 6.02. The van der Waals surface area contributed by atoms with Gasteiger partial charge < -0.3 is 5.11 Å². The first-order valence-electron chi connectivity index (χ1n) is 4.50. The van der Waals surface area contributed by atoms with Gasteiger partial charge in [0, 0.05) is 10.0 Å². The molecule has 0 spiro atoms. The summed E-state index contributed by atoms with van der Waals surface area (Å²) in [5, 5.41) is 19.0. The van der Waals surface area contributed by atoms with Crippen LogP contribution in [0.1, 0.15) is 24.0 Å². The molecule has 0 bridgehead atoms. The molecule has 2 rings (SSSR count). The average molecular weight is 252 g/mol. The molecule has 0 aromatic heterocycles. The number of phenols is 1. The van der Waals surface area contributed by atoms with Crippen molar-refractivity contribution < 1.29 is 5.11 Å².